The number of hydrogen-bond acceptors (Lipinski definition) is 4. The van der Waals surface area contributed by atoms with Gasteiger partial charge in [-0.25, -0.2) is 4.98 Å². The van der Waals surface area contributed by atoms with Gasteiger partial charge in [0.2, 0.25) is 5.88 Å². The molecule has 19 heavy (non-hydrogen) atoms. The van der Waals surface area contributed by atoms with Gasteiger partial charge in [-0.1, -0.05) is 6.07 Å². The van der Waals surface area contributed by atoms with E-state index in [-0.39, 0.29) is 5.75 Å². The summed E-state index contributed by atoms with van der Waals surface area (Å²) in [5.41, 5.74) is 0. The Kier molecular flexibility index (Phi) is 3.05. The Morgan fingerprint density at radius 3 is 2.84 bits per heavy atom. The molecular formula is C14H9BrN2O2. The maximum absolute atomic E-state index is 9.56. The van der Waals surface area contributed by atoms with Gasteiger partial charge in [-0.3, -0.25) is 4.98 Å². The average molecular weight is 317 g/mol. The Labute approximate surface area is 117 Å². The maximum atomic E-state index is 9.56. The Morgan fingerprint density at radius 2 is 2.00 bits per heavy atom. The maximum Gasteiger partial charge on any atom is 0.227 e. The van der Waals surface area contributed by atoms with Crippen LogP contribution in [0.1, 0.15) is 0 Å². The molecule has 3 aromatic rings. The number of fused-ring (bicyclic) bond motifs is 1. The number of halogens is 1. The third-order valence-electron chi connectivity index (χ3n) is 2.61. The fourth-order valence-electron chi connectivity index (χ4n) is 1.77. The van der Waals surface area contributed by atoms with Crippen molar-refractivity contribution in [3.63, 3.8) is 0 Å². The summed E-state index contributed by atoms with van der Waals surface area (Å²) in [6, 6.07) is 8.74. The van der Waals surface area contributed by atoms with Gasteiger partial charge in [0.05, 0.1) is 6.20 Å². The van der Waals surface area contributed by atoms with Crippen molar-refractivity contribution in [1.82, 2.24) is 9.97 Å². The highest BCUT2D eigenvalue weighted by atomic mass is 79.9. The van der Waals surface area contributed by atoms with E-state index in [9.17, 15) is 5.11 Å². The lowest BCUT2D eigenvalue weighted by Gasteiger charge is -2.07. The van der Waals surface area contributed by atoms with Gasteiger partial charge >= 0.3 is 0 Å². The zero-order chi connectivity index (χ0) is 13.2. The molecule has 0 radical (unpaired) electrons. The van der Waals surface area contributed by atoms with E-state index in [4.69, 9.17) is 4.74 Å². The van der Waals surface area contributed by atoms with E-state index in [1.165, 1.54) is 0 Å². The molecule has 2 aromatic heterocycles. The van der Waals surface area contributed by atoms with Crippen LogP contribution in [0.2, 0.25) is 0 Å². The molecule has 0 atom stereocenters. The molecule has 0 bridgehead atoms. The quantitative estimate of drug-likeness (QED) is 0.779. The standard InChI is InChI=1S/C14H9BrN2O2/c15-10-5-12(8-16-7-10)19-14-13-6-11(18)2-1-9(13)3-4-17-14/h1-8,18H. The molecule has 0 aliphatic rings. The lowest BCUT2D eigenvalue weighted by molar-refractivity contribution is 0.463. The van der Waals surface area contributed by atoms with Crippen LogP contribution in [-0.4, -0.2) is 15.1 Å². The number of rotatable bonds is 2. The van der Waals surface area contributed by atoms with E-state index < -0.39 is 0 Å². The molecule has 94 valence electrons. The first kappa shape index (κ1) is 11.9. The summed E-state index contributed by atoms with van der Waals surface area (Å²) >= 11 is 3.33. The van der Waals surface area contributed by atoms with Crippen molar-refractivity contribution in [2.24, 2.45) is 0 Å². The molecule has 0 spiro atoms. The molecule has 1 aromatic carbocycles. The van der Waals surface area contributed by atoms with Crippen LogP contribution in [0.25, 0.3) is 10.8 Å². The molecule has 0 aliphatic heterocycles. The van der Waals surface area contributed by atoms with Crippen molar-refractivity contribution < 1.29 is 9.84 Å². The van der Waals surface area contributed by atoms with Crippen molar-refractivity contribution in [2.75, 3.05) is 0 Å². The van der Waals surface area contributed by atoms with Gasteiger partial charge in [0, 0.05) is 22.3 Å². The third kappa shape index (κ3) is 2.51. The monoisotopic (exact) mass is 316 g/mol. The Morgan fingerprint density at radius 1 is 1.11 bits per heavy atom. The number of hydrogen-bond donors (Lipinski definition) is 1. The van der Waals surface area contributed by atoms with E-state index in [1.807, 2.05) is 12.1 Å². The van der Waals surface area contributed by atoms with Crippen LogP contribution in [0.15, 0.2) is 53.4 Å². The summed E-state index contributed by atoms with van der Waals surface area (Å²) in [6.07, 6.45) is 4.95. The van der Waals surface area contributed by atoms with Gasteiger partial charge < -0.3 is 9.84 Å². The minimum atomic E-state index is 0.178. The number of aromatic nitrogens is 2. The number of pyridine rings is 2. The van der Waals surface area contributed by atoms with E-state index in [0.29, 0.717) is 11.6 Å². The molecule has 0 fully saturated rings. The van der Waals surface area contributed by atoms with Gasteiger partial charge in [-0.15, -0.1) is 0 Å². The zero-order valence-corrected chi connectivity index (χ0v) is 11.3. The molecule has 0 aliphatic carbocycles. The highest BCUT2D eigenvalue weighted by Gasteiger charge is 2.06. The van der Waals surface area contributed by atoms with Gasteiger partial charge in [-0.05, 0) is 45.6 Å². The Hall–Kier alpha value is -2.14. The normalized spacial score (nSPS) is 10.6. The number of nitrogens with zero attached hydrogens (tertiary/aromatic N) is 2. The van der Waals surface area contributed by atoms with Crippen LogP contribution in [0, 0.1) is 0 Å². The first-order valence-corrected chi connectivity index (χ1v) is 6.38. The minimum absolute atomic E-state index is 0.178. The zero-order valence-electron chi connectivity index (χ0n) is 9.75. The molecule has 5 heteroatoms. The summed E-state index contributed by atoms with van der Waals surface area (Å²) < 4.78 is 6.54. The van der Waals surface area contributed by atoms with Crippen LogP contribution in [0.3, 0.4) is 0 Å². The molecule has 4 nitrogen and oxygen atoms in total. The van der Waals surface area contributed by atoms with Crippen molar-refractivity contribution in [2.45, 2.75) is 0 Å². The van der Waals surface area contributed by atoms with Crippen LogP contribution in [-0.2, 0) is 0 Å². The van der Waals surface area contributed by atoms with Gasteiger partial charge in [0.25, 0.3) is 0 Å². The average Bonchev–Trinajstić information content (AvgIpc) is 2.39. The molecule has 3 rings (SSSR count). The molecule has 1 N–H and O–H groups in total. The largest absolute Gasteiger partial charge is 0.508 e. The highest BCUT2D eigenvalue weighted by Crippen LogP contribution is 2.30. The van der Waals surface area contributed by atoms with Crippen molar-refractivity contribution in [3.05, 3.63) is 53.4 Å². The van der Waals surface area contributed by atoms with Crippen LogP contribution in [0.4, 0.5) is 0 Å². The fraction of sp³-hybridized carbons (Fsp3) is 0. The topological polar surface area (TPSA) is 55.2 Å². The van der Waals surface area contributed by atoms with Gasteiger partial charge in [0.1, 0.15) is 11.5 Å². The van der Waals surface area contributed by atoms with Crippen LogP contribution >= 0.6 is 15.9 Å². The second-order valence-electron chi connectivity index (χ2n) is 3.96. The van der Waals surface area contributed by atoms with Crippen LogP contribution in [0.5, 0.6) is 17.4 Å². The van der Waals surface area contributed by atoms with Crippen LogP contribution < -0.4 is 4.74 Å². The van der Waals surface area contributed by atoms with Gasteiger partial charge in [0.15, 0.2) is 0 Å². The summed E-state index contributed by atoms with van der Waals surface area (Å²) in [6.45, 7) is 0. The van der Waals surface area contributed by atoms with E-state index in [0.717, 1.165) is 15.2 Å². The minimum Gasteiger partial charge on any atom is -0.508 e. The first-order valence-electron chi connectivity index (χ1n) is 5.58. The molecular weight excluding hydrogens is 308 g/mol. The number of aromatic hydroxyl groups is 1. The second kappa shape index (κ2) is 4.85. The first-order chi connectivity index (χ1) is 9.22. The SMILES string of the molecule is Oc1ccc2ccnc(Oc3cncc(Br)c3)c2c1. The number of ether oxygens (including phenoxy) is 1. The third-order valence-corrected chi connectivity index (χ3v) is 3.04. The summed E-state index contributed by atoms with van der Waals surface area (Å²) in [4.78, 5) is 8.23. The highest BCUT2D eigenvalue weighted by molar-refractivity contribution is 9.10. The van der Waals surface area contributed by atoms with E-state index >= 15 is 0 Å². The molecule has 0 amide bonds. The van der Waals surface area contributed by atoms with Crippen molar-refractivity contribution in [1.29, 1.82) is 0 Å². The molecule has 0 saturated heterocycles. The number of benzene rings is 1. The molecule has 2 heterocycles. The lowest BCUT2D eigenvalue weighted by atomic mass is 10.1. The predicted octanol–water partition coefficient (Wildman–Crippen LogP) is 3.89. The summed E-state index contributed by atoms with van der Waals surface area (Å²) in [5.74, 6) is 1.20. The summed E-state index contributed by atoms with van der Waals surface area (Å²) in [7, 11) is 0. The van der Waals surface area contributed by atoms with Crippen molar-refractivity contribution >= 4 is 26.7 Å². The number of phenols is 1. The van der Waals surface area contributed by atoms with Crippen molar-refractivity contribution in [3.8, 4) is 17.4 Å². The van der Waals surface area contributed by atoms with E-state index in [2.05, 4.69) is 25.9 Å². The second-order valence-corrected chi connectivity index (χ2v) is 4.88. The fourth-order valence-corrected chi connectivity index (χ4v) is 2.11. The predicted molar refractivity (Wildman–Crippen MR) is 75.4 cm³/mol. The van der Waals surface area contributed by atoms with Gasteiger partial charge in [-0.2, -0.15) is 0 Å². The Bertz CT molecular complexity index is 746. The van der Waals surface area contributed by atoms with E-state index in [1.54, 1.807) is 36.8 Å². The smallest absolute Gasteiger partial charge is 0.227 e. The lowest BCUT2D eigenvalue weighted by Crippen LogP contribution is -1.90. The molecule has 0 unspecified atom stereocenters. The summed E-state index contributed by atoms with van der Waals surface area (Å²) in [5, 5.41) is 11.3. The Balaban J connectivity index is 2.07. The number of phenolic OH excluding ortho intramolecular Hbond substituents is 1. The molecule has 0 saturated carbocycles.